The molecule has 0 unspecified atom stereocenters. The predicted octanol–water partition coefficient (Wildman–Crippen LogP) is 9.33. The van der Waals surface area contributed by atoms with Crippen molar-refractivity contribution >= 4 is 29.3 Å². The second-order valence-corrected chi connectivity index (χ2v) is 15.5. The summed E-state index contributed by atoms with van der Waals surface area (Å²) in [4.78, 5) is 27.1. The molecule has 4 aromatic rings. The Kier molecular flexibility index (Phi) is 13.0. The molecule has 0 radical (unpaired) electrons. The van der Waals surface area contributed by atoms with Gasteiger partial charge in [0.05, 0.1) is 42.2 Å². The van der Waals surface area contributed by atoms with E-state index in [2.05, 4.69) is 23.0 Å². The molecular formula is C42H50Cl2N4O6. The number of hydrogen-bond donors (Lipinski definition) is 0. The summed E-state index contributed by atoms with van der Waals surface area (Å²) in [5, 5.41) is 0.961. The highest BCUT2D eigenvalue weighted by Crippen LogP contribution is 2.42. The SMILES string of the molecule is COc1cc(-c2nccc(-c3cccc(-c4ccc(CN(C(=O)OC(C)(C)C)C5CCOCC5)c(OC)n4)c3Cl)c2Cl)ccc1CN(C)C1CCOCC1. The summed E-state index contributed by atoms with van der Waals surface area (Å²) in [7, 11) is 5.41. The molecule has 0 atom stereocenters. The number of aromatic nitrogens is 2. The van der Waals surface area contributed by atoms with Crippen LogP contribution in [0.4, 0.5) is 4.79 Å². The van der Waals surface area contributed by atoms with E-state index >= 15 is 0 Å². The molecule has 2 saturated heterocycles. The first-order valence-corrected chi connectivity index (χ1v) is 19.2. The van der Waals surface area contributed by atoms with Crippen LogP contribution in [0.3, 0.4) is 0 Å². The summed E-state index contributed by atoms with van der Waals surface area (Å²) >= 11 is 14.3. The van der Waals surface area contributed by atoms with Gasteiger partial charge in [-0.1, -0.05) is 53.5 Å². The van der Waals surface area contributed by atoms with Gasteiger partial charge in [0.25, 0.3) is 0 Å². The predicted molar refractivity (Wildman–Crippen MR) is 212 cm³/mol. The van der Waals surface area contributed by atoms with E-state index in [1.54, 1.807) is 25.3 Å². The van der Waals surface area contributed by atoms with Crippen LogP contribution < -0.4 is 9.47 Å². The zero-order valence-electron chi connectivity index (χ0n) is 32.0. The van der Waals surface area contributed by atoms with E-state index in [-0.39, 0.29) is 18.7 Å². The van der Waals surface area contributed by atoms with Gasteiger partial charge in [-0.15, -0.1) is 0 Å². The van der Waals surface area contributed by atoms with Crippen molar-refractivity contribution in [1.29, 1.82) is 0 Å². The molecule has 4 heterocycles. The second kappa shape index (κ2) is 17.7. The number of methoxy groups -OCH3 is 2. The summed E-state index contributed by atoms with van der Waals surface area (Å²) in [5.41, 5.74) is 5.49. The van der Waals surface area contributed by atoms with Crippen LogP contribution in [0.25, 0.3) is 33.6 Å². The zero-order chi connectivity index (χ0) is 38.4. The van der Waals surface area contributed by atoms with E-state index in [1.165, 1.54) is 0 Å². The van der Waals surface area contributed by atoms with Crippen molar-refractivity contribution in [3.05, 3.63) is 82.0 Å². The molecule has 12 heteroatoms. The van der Waals surface area contributed by atoms with Crippen LogP contribution in [0.15, 0.2) is 60.8 Å². The van der Waals surface area contributed by atoms with Crippen molar-refractivity contribution in [1.82, 2.24) is 19.8 Å². The third-order valence-corrected chi connectivity index (χ3v) is 10.8. The van der Waals surface area contributed by atoms with E-state index in [9.17, 15) is 4.79 Å². The Morgan fingerprint density at radius 2 is 1.46 bits per heavy atom. The van der Waals surface area contributed by atoms with Crippen molar-refractivity contribution < 1.29 is 28.5 Å². The average Bonchev–Trinajstić information content (AvgIpc) is 3.17. The van der Waals surface area contributed by atoms with Gasteiger partial charge >= 0.3 is 6.09 Å². The fraction of sp³-hybridized carbons (Fsp3) is 0.452. The van der Waals surface area contributed by atoms with Gasteiger partial charge in [0, 0.05) is 84.6 Å². The number of ether oxygens (including phenoxy) is 5. The van der Waals surface area contributed by atoms with Gasteiger partial charge in [0.2, 0.25) is 5.88 Å². The van der Waals surface area contributed by atoms with E-state index in [1.807, 2.05) is 69.3 Å². The minimum absolute atomic E-state index is 0.0259. The van der Waals surface area contributed by atoms with Crippen molar-refractivity contribution in [2.24, 2.45) is 0 Å². The van der Waals surface area contributed by atoms with Gasteiger partial charge < -0.3 is 28.6 Å². The molecule has 0 saturated carbocycles. The maximum atomic E-state index is 13.4. The van der Waals surface area contributed by atoms with Crippen LogP contribution in [0.1, 0.15) is 57.6 Å². The third kappa shape index (κ3) is 9.29. The zero-order valence-corrected chi connectivity index (χ0v) is 33.5. The summed E-state index contributed by atoms with van der Waals surface area (Å²) in [5.74, 6) is 1.18. The molecule has 2 fully saturated rings. The Morgan fingerprint density at radius 3 is 2.13 bits per heavy atom. The lowest BCUT2D eigenvalue weighted by molar-refractivity contribution is -0.00825. The third-order valence-electron chi connectivity index (χ3n) is 9.98. The van der Waals surface area contributed by atoms with Crippen LogP contribution in [-0.2, 0) is 27.3 Å². The molecule has 6 rings (SSSR count). The lowest BCUT2D eigenvalue weighted by Gasteiger charge is -2.35. The number of rotatable bonds is 11. The number of carbonyl (C=O) groups excluding carboxylic acids is 1. The van der Waals surface area contributed by atoms with Crippen LogP contribution in [0.2, 0.25) is 10.0 Å². The number of hydrogen-bond acceptors (Lipinski definition) is 9. The molecule has 0 aliphatic carbocycles. The Balaban J connectivity index is 1.27. The monoisotopic (exact) mass is 776 g/mol. The molecule has 2 aliphatic rings. The Morgan fingerprint density at radius 1 is 0.815 bits per heavy atom. The largest absolute Gasteiger partial charge is 0.496 e. The molecule has 54 heavy (non-hydrogen) atoms. The maximum absolute atomic E-state index is 13.4. The normalized spacial score (nSPS) is 15.6. The van der Waals surface area contributed by atoms with Crippen LogP contribution in [-0.4, -0.2) is 91.2 Å². The Hall–Kier alpha value is -3.93. The standard InChI is InChI=1S/C42H50Cl2N4O6/c1-42(2,3)54-41(49)48(31-17-22-53-23-18-31)26-29-12-13-35(46-40(29)51-6)34-9-7-8-32(37(34)43)33-14-19-45-39(38(33)44)27-10-11-28(36(24-27)50-5)25-47(4)30-15-20-52-21-16-30/h7-14,19,24,30-31H,15-18,20-23,25-26H2,1-6H3. The number of carbonyl (C=O) groups is 1. The van der Waals surface area contributed by atoms with Crippen LogP contribution in [0, 0.1) is 0 Å². The molecule has 0 N–H and O–H groups in total. The maximum Gasteiger partial charge on any atom is 0.410 e. The molecule has 0 spiro atoms. The smallest absolute Gasteiger partial charge is 0.410 e. The molecule has 2 aliphatic heterocycles. The van der Waals surface area contributed by atoms with Crippen molar-refractivity contribution in [3.63, 3.8) is 0 Å². The molecule has 2 aromatic carbocycles. The molecule has 2 aromatic heterocycles. The van der Waals surface area contributed by atoms with E-state index in [0.717, 1.165) is 79.0 Å². The van der Waals surface area contributed by atoms with Gasteiger partial charge in [-0.25, -0.2) is 9.78 Å². The Labute approximate surface area is 328 Å². The van der Waals surface area contributed by atoms with Crippen molar-refractivity contribution in [2.75, 3.05) is 47.7 Å². The van der Waals surface area contributed by atoms with Gasteiger partial charge in [-0.2, -0.15) is 0 Å². The van der Waals surface area contributed by atoms with E-state index < -0.39 is 5.60 Å². The summed E-state index contributed by atoms with van der Waals surface area (Å²) in [6, 6.07) is 18.0. The highest BCUT2D eigenvalue weighted by atomic mass is 35.5. The molecule has 10 nitrogen and oxygen atoms in total. The van der Waals surface area contributed by atoms with Crippen LogP contribution in [0.5, 0.6) is 11.6 Å². The van der Waals surface area contributed by atoms with Crippen LogP contribution >= 0.6 is 23.2 Å². The van der Waals surface area contributed by atoms with E-state index in [4.69, 9.17) is 51.9 Å². The number of amides is 1. The number of benzene rings is 2. The highest BCUT2D eigenvalue weighted by Gasteiger charge is 2.31. The molecule has 1 amide bonds. The molecule has 0 bridgehead atoms. The average molecular weight is 778 g/mol. The first kappa shape index (κ1) is 39.8. The first-order chi connectivity index (χ1) is 26.0. The number of pyridine rings is 2. The summed E-state index contributed by atoms with van der Waals surface area (Å²) in [6.45, 7) is 9.40. The molecular weight excluding hydrogens is 727 g/mol. The highest BCUT2D eigenvalue weighted by molar-refractivity contribution is 6.39. The van der Waals surface area contributed by atoms with E-state index in [0.29, 0.717) is 52.1 Å². The fourth-order valence-corrected chi connectivity index (χ4v) is 7.74. The Bertz CT molecular complexity index is 1920. The molecule has 288 valence electrons. The van der Waals surface area contributed by atoms with Gasteiger partial charge in [-0.05, 0) is 77.8 Å². The van der Waals surface area contributed by atoms with Gasteiger partial charge in [0.15, 0.2) is 0 Å². The van der Waals surface area contributed by atoms with Gasteiger partial charge in [-0.3, -0.25) is 9.88 Å². The first-order valence-electron chi connectivity index (χ1n) is 18.5. The second-order valence-electron chi connectivity index (χ2n) is 14.8. The van der Waals surface area contributed by atoms with Gasteiger partial charge in [0.1, 0.15) is 11.4 Å². The topological polar surface area (TPSA) is 95.5 Å². The number of nitrogens with zero attached hydrogens (tertiary/aromatic N) is 4. The van der Waals surface area contributed by atoms with Crippen molar-refractivity contribution in [2.45, 2.75) is 77.2 Å². The minimum Gasteiger partial charge on any atom is -0.496 e. The minimum atomic E-state index is -0.633. The quantitative estimate of drug-likeness (QED) is 0.148. The lowest BCUT2D eigenvalue weighted by Crippen LogP contribution is -2.45. The van der Waals surface area contributed by atoms with Crippen molar-refractivity contribution in [3.8, 4) is 45.3 Å². The number of halogens is 2. The lowest BCUT2D eigenvalue weighted by atomic mass is 9.99. The fourth-order valence-electron chi connectivity index (χ4n) is 7.10. The summed E-state index contributed by atoms with van der Waals surface area (Å²) in [6.07, 6.45) is 4.85. The summed E-state index contributed by atoms with van der Waals surface area (Å²) < 4.78 is 28.6.